The van der Waals surface area contributed by atoms with Gasteiger partial charge in [-0.3, -0.25) is 19.1 Å². The first-order valence-electron chi connectivity index (χ1n) is 7.84. The van der Waals surface area contributed by atoms with E-state index in [2.05, 4.69) is 0 Å². The molecule has 1 fully saturated rings. The summed E-state index contributed by atoms with van der Waals surface area (Å²) in [5.74, 6) is -2.63. The van der Waals surface area contributed by atoms with E-state index in [9.17, 15) is 39.6 Å². The van der Waals surface area contributed by atoms with Gasteiger partial charge in [0.25, 0.3) is 5.56 Å². The summed E-state index contributed by atoms with van der Waals surface area (Å²) in [4.78, 5) is 48.3. The lowest BCUT2D eigenvalue weighted by Gasteiger charge is -2.25. The van der Waals surface area contributed by atoms with Gasteiger partial charge in [-0.15, -0.1) is 0 Å². The van der Waals surface area contributed by atoms with E-state index in [1.54, 1.807) is 0 Å². The van der Waals surface area contributed by atoms with Gasteiger partial charge in [0, 0.05) is 12.3 Å². The van der Waals surface area contributed by atoms with Gasteiger partial charge in [0.05, 0.1) is 6.10 Å². The van der Waals surface area contributed by atoms with Crippen molar-refractivity contribution in [3.05, 3.63) is 33.1 Å². The maximum atomic E-state index is 11.9. The van der Waals surface area contributed by atoms with Gasteiger partial charge < -0.3 is 36.2 Å². The fourth-order valence-electron chi connectivity index (χ4n) is 2.57. The molecule has 1 aromatic rings. The summed E-state index contributed by atoms with van der Waals surface area (Å²) in [5, 5.41) is 41.0. The molecule has 0 aliphatic carbocycles. The first-order valence-corrected chi connectivity index (χ1v) is 7.84. The van der Waals surface area contributed by atoms with Crippen molar-refractivity contribution in [2.45, 2.75) is 49.7 Å². The number of amides is 1. The Balaban J connectivity index is 2.27. The number of nitrogens with two attached hydrogens (primary N) is 1. The van der Waals surface area contributed by atoms with Gasteiger partial charge in [0.2, 0.25) is 5.91 Å². The molecule has 2 rings (SSSR count). The second-order valence-corrected chi connectivity index (χ2v) is 6.08. The number of carboxylic acid groups (broad SMARTS) is 1. The van der Waals surface area contributed by atoms with Gasteiger partial charge in [0.1, 0.15) is 24.4 Å². The Hall–Kier alpha value is -2.58. The first kappa shape index (κ1) is 20.7. The average molecular weight is 388 g/mol. The lowest BCUT2D eigenvalue weighted by molar-refractivity contribution is -0.149. The van der Waals surface area contributed by atoms with Gasteiger partial charge in [-0.25, -0.2) is 9.59 Å². The Morgan fingerprint density at radius 2 is 1.96 bits per heavy atom. The van der Waals surface area contributed by atoms with Crippen LogP contribution < -0.4 is 22.3 Å². The largest absolute Gasteiger partial charge is 0.480 e. The van der Waals surface area contributed by atoms with E-state index in [0.29, 0.717) is 0 Å². The first-order chi connectivity index (χ1) is 12.5. The minimum Gasteiger partial charge on any atom is -0.480 e. The highest BCUT2D eigenvalue weighted by atomic mass is 16.6. The number of H-pyrrole nitrogens is 1. The number of carbonyl (C=O) groups excluding carboxylic acids is 1. The Bertz CT molecular complexity index is 819. The Morgan fingerprint density at radius 1 is 1.33 bits per heavy atom. The molecule has 1 aliphatic rings. The molecule has 0 bridgehead atoms. The number of aliphatic carboxylic acids is 1. The van der Waals surface area contributed by atoms with E-state index >= 15 is 0 Å². The number of aromatic amines is 1. The molecule has 2 heterocycles. The van der Waals surface area contributed by atoms with Crippen molar-refractivity contribution in [1.82, 2.24) is 14.9 Å². The number of hydrogen-bond donors (Lipinski definition) is 7. The second-order valence-electron chi connectivity index (χ2n) is 6.08. The zero-order valence-corrected chi connectivity index (χ0v) is 14.1. The Kier molecular flexibility index (Phi) is 6.12. The molecule has 0 radical (unpaired) electrons. The number of ether oxygens (including phenoxy) is 1. The molecule has 8 N–H and O–H groups in total. The van der Waals surface area contributed by atoms with Crippen molar-refractivity contribution in [2.75, 3.05) is 0 Å². The number of hydrogen-bond acceptors (Lipinski definition) is 9. The fraction of sp³-hybridized carbons (Fsp3) is 0.571. The molecule has 0 aromatic carbocycles. The second kappa shape index (κ2) is 7.98. The van der Waals surface area contributed by atoms with Crippen molar-refractivity contribution in [1.29, 1.82) is 0 Å². The minimum absolute atomic E-state index is 0.705. The van der Waals surface area contributed by atoms with Crippen LogP contribution in [0.3, 0.4) is 0 Å². The van der Waals surface area contributed by atoms with Gasteiger partial charge in [-0.2, -0.15) is 0 Å². The third kappa shape index (κ3) is 4.23. The van der Waals surface area contributed by atoms with E-state index in [4.69, 9.17) is 10.5 Å². The lowest BCUT2D eigenvalue weighted by atomic mass is 10.0. The fourth-order valence-corrected chi connectivity index (χ4v) is 2.57. The zero-order chi connectivity index (χ0) is 20.5. The van der Waals surface area contributed by atoms with Crippen molar-refractivity contribution < 1.29 is 34.8 Å². The van der Waals surface area contributed by atoms with Crippen LogP contribution in [0.2, 0.25) is 0 Å². The number of aliphatic hydroxyl groups is 3. The molecule has 1 amide bonds. The molecule has 0 saturated carbocycles. The summed E-state index contributed by atoms with van der Waals surface area (Å²) >= 11 is 0. The van der Waals surface area contributed by atoms with E-state index in [1.807, 2.05) is 10.3 Å². The van der Waals surface area contributed by atoms with Gasteiger partial charge in [-0.05, 0) is 6.92 Å². The number of aliphatic hydroxyl groups excluding tert-OH is 3. The number of carboxylic acids is 1. The van der Waals surface area contributed by atoms with Crippen LogP contribution in [0.4, 0.5) is 0 Å². The Morgan fingerprint density at radius 3 is 2.48 bits per heavy atom. The van der Waals surface area contributed by atoms with Crippen molar-refractivity contribution >= 4 is 11.9 Å². The molecule has 7 atom stereocenters. The lowest BCUT2D eigenvalue weighted by Crippen LogP contribution is -2.58. The van der Waals surface area contributed by atoms with Crippen LogP contribution in [0.25, 0.3) is 0 Å². The number of aromatic nitrogens is 2. The predicted octanol–water partition coefficient (Wildman–Crippen LogP) is -4.57. The third-order valence-corrected chi connectivity index (χ3v) is 4.12. The van der Waals surface area contributed by atoms with E-state index in [1.165, 1.54) is 6.92 Å². The van der Waals surface area contributed by atoms with Crippen LogP contribution in [-0.2, 0) is 14.3 Å². The highest BCUT2D eigenvalue weighted by Crippen LogP contribution is 2.30. The van der Waals surface area contributed by atoms with Crippen LogP contribution >= 0.6 is 0 Å². The quantitative estimate of drug-likeness (QED) is 0.247. The van der Waals surface area contributed by atoms with Gasteiger partial charge in [0.15, 0.2) is 12.3 Å². The zero-order valence-electron chi connectivity index (χ0n) is 14.1. The van der Waals surface area contributed by atoms with E-state index < -0.39 is 65.9 Å². The monoisotopic (exact) mass is 388 g/mol. The molecule has 0 spiro atoms. The molecule has 27 heavy (non-hydrogen) atoms. The molecule has 13 heteroatoms. The van der Waals surface area contributed by atoms with Crippen molar-refractivity contribution in [2.24, 2.45) is 5.73 Å². The highest BCUT2D eigenvalue weighted by Gasteiger charge is 2.50. The standard InChI is InChI=1S/C14H20N4O9/c1-4(19)6(15)11(23)17-7(13(24)25)10-8(21)9(22)12(27-10)18-3-2-5(20)16-14(18)26/h2-4,6-10,12,19,21-22H,15H2,1H3,(H,17,23)(H,24,25)(H,16,20,26)/t4-,6+,7-,8+,9-,10-,12-/m1/s1. The number of nitrogens with one attached hydrogen (secondary N) is 2. The molecular formula is C14H20N4O9. The van der Waals surface area contributed by atoms with Crippen molar-refractivity contribution in [3.8, 4) is 0 Å². The van der Waals surface area contributed by atoms with Crippen LogP contribution in [0.1, 0.15) is 13.2 Å². The number of nitrogens with zero attached hydrogens (tertiary/aromatic N) is 1. The van der Waals surface area contributed by atoms with Crippen LogP contribution in [0.15, 0.2) is 21.9 Å². The SMILES string of the molecule is C[C@@H](O)[C@H](N)C(=O)N[C@@H](C(=O)O)[C@H]1O[C@@H](n2ccc(=O)[nH]c2=O)[C@H](O)[C@@H]1O. The van der Waals surface area contributed by atoms with E-state index in [-0.39, 0.29) is 0 Å². The molecule has 1 aliphatic heterocycles. The summed E-state index contributed by atoms with van der Waals surface area (Å²) in [6.07, 6.45) is -6.96. The molecular weight excluding hydrogens is 368 g/mol. The third-order valence-electron chi connectivity index (χ3n) is 4.12. The molecule has 150 valence electrons. The summed E-state index contributed by atoms with van der Waals surface area (Å²) in [6.45, 7) is 1.23. The number of rotatable bonds is 6. The maximum absolute atomic E-state index is 11.9. The van der Waals surface area contributed by atoms with Gasteiger partial charge in [-0.1, -0.05) is 0 Å². The minimum atomic E-state index is -1.84. The maximum Gasteiger partial charge on any atom is 0.330 e. The molecule has 1 saturated heterocycles. The molecule has 13 nitrogen and oxygen atoms in total. The van der Waals surface area contributed by atoms with Gasteiger partial charge >= 0.3 is 11.7 Å². The van der Waals surface area contributed by atoms with E-state index in [0.717, 1.165) is 16.8 Å². The summed E-state index contributed by atoms with van der Waals surface area (Å²) in [6, 6.07) is -2.31. The summed E-state index contributed by atoms with van der Waals surface area (Å²) in [7, 11) is 0. The highest BCUT2D eigenvalue weighted by molar-refractivity contribution is 5.87. The summed E-state index contributed by atoms with van der Waals surface area (Å²) in [5.41, 5.74) is 3.78. The molecule has 1 aromatic heterocycles. The number of carbonyl (C=O) groups is 2. The summed E-state index contributed by atoms with van der Waals surface area (Å²) < 4.78 is 6.06. The van der Waals surface area contributed by atoms with Crippen LogP contribution in [0.5, 0.6) is 0 Å². The van der Waals surface area contributed by atoms with Crippen LogP contribution in [0, 0.1) is 0 Å². The van der Waals surface area contributed by atoms with Crippen molar-refractivity contribution in [3.63, 3.8) is 0 Å². The predicted molar refractivity (Wildman–Crippen MR) is 86.5 cm³/mol. The average Bonchev–Trinajstić information content (AvgIpc) is 2.87. The topological polar surface area (TPSA) is 217 Å². The smallest absolute Gasteiger partial charge is 0.330 e. The molecule has 0 unspecified atom stereocenters. The normalized spacial score (nSPS) is 28.3. The Labute approximate surface area is 151 Å². The van der Waals surface area contributed by atoms with Crippen LogP contribution in [-0.4, -0.2) is 78.4 Å².